The molecule has 0 saturated carbocycles. The molecule has 0 aliphatic carbocycles. The first-order chi connectivity index (χ1) is 17.6. The van der Waals surface area contributed by atoms with Crippen molar-refractivity contribution >= 4 is 22.8 Å². The Bertz CT molecular complexity index is 1440. The summed E-state index contributed by atoms with van der Waals surface area (Å²) in [5, 5.41) is 0. The minimum Gasteiger partial charge on any atom is -0.382 e. The number of halogens is 3. The average Bonchev–Trinajstić information content (AvgIpc) is 3.31. The van der Waals surface area contributed by atoms with Crippen LogP contribution in [0.2, 0.25) is 0 Å². The van der Waals surface area contributed by atoms with Crippen molar-refractivity contribution in [3.8, 4) is 22.8 Å². The van der Waals surface area contributed by atoms with Crippen LogP contribution in [0, 0.1) is 0 Å². The molecule has 2 aromatic heterocycles. The Morgan fingerprint density at radius 1 is 1.08 bits per heavy atom. The second-order valence-electron chi connectivity index (χ2n) is 9.37. The zero-order valence-electron chi connectivity index (χ0n) is 20.4. The molecule has 0 atom stereocenters. The maximum atomic E-state index is 13.1. The number of nitrogen functional groups attached to an aromatic ring is 1. The Balaban J connectivity index is 1.37. The number of hydrogen-bond donors (Lipinski definition) is 2. The molecule has 192 valence electrons. The van der Waals surface area contributed by atoms with E-state index in [0.717, 1.165) is 38.1 Å². The standard InChI is InChI=1S/C26H26F3N7O/c1-35(2)18-9-11-36(12-10-18)25(37)16-5-3-15(4-6-16)21-14-31-23(30)22(32-21)24-33-19-8-7-17(26(27,28)29)13-20(19)34-24/h3-8,13-14,18H,9-12H2,1-2H3,(H2,30,31)(H,33,34). The summed E-state index contributed by atoms with van der Waals surface area (Å²) >= 11 is 0. The van der Waals surface area contributed by atoms with Gasteiger partial charge in [-0.1, -0.05) is 12.1 Å². The number of H-pyrrole nitrogens is 1. The van der Waals surface area contributed by atoms with Crippen LogP contribution in [-0.2, 0) is 6.18 Å². The number of benzene rings is 2. The van der Waals surface area contributed by atoms with Gasteiger partial charge in [0.15, 0.2) is 11.6 Å². The number of carbonyl (C=O) groups excluding carboxylic acids is 1. The Hall–Kier alpha value is -3.99. The molecular weight excluding hydrogens is 483 g/mol. The monoisotopic (exact) mass is 509 g/mol. The second kappa shape index (κ2) is 9.47. The largest absolute Gasteiger partial charge is 0.416 e. The van der Waals surface area contributed by atoms with Crippen LogP contribution in [-0.4, -0.2) is 68.9 Å². The summed E-state index contributed by atoms with van der Waals surface area (Å²) in [5.41, 5.74) is 7.85. The molecule has 3 heterocycles. The first-order valence-corrected chi connectivity index (χ1v) is 11.9. The number of carbonyl (C=O) groups is 1. The summed E-state index contributed by atoms with van der Waals surface area (Å²) in [4.78, 5) is 33.0. The quantitative estimate of drug-likeness (QED) is 0.421. The summed E-state index contributed by atoms with van der Waals surface area (Å²) in [5.74, 6) is 0.300. The molecule has 0 spiro atoms. The van der Waals surface area contributed by atoms with E-state index in [4.69, 9.17) is 5.73 Å². The van der Waals surface area contributed by atoms with Gasteiger partial charge in [0.1, 0.15) is 5.69 Å². The van der Waals surface area contributed by atoms with E-state index in [0.29, 0.717) is 28.4 Å². The number of imidazole rings is 1. The number of amides is 1. The normalized spacial score (nSPS) is 15.0. The van der Waals surface area contributed by atoms with E-state index < -0.39 is 11.7 Å². The molecule has 4 aromatic rings. The van der Waals surface area contributed by atoms with Crippen molar-refractivity contribution in [2.24, 2.45) is 0 Å². The van der Waals surface area contributed by atoms with E-state index in [1.54, 1.807) is 24.3 Å². The van der Waals surface area contributed by atoms with Crippen molar-refractivity contribution in [1.29, 1.82) is 0 Å². The van der Waals surface area contributed by atoms with E-state index in [1.165, 1.54) is 12.3 Å². The molecule has 3 N–H and O–H groups in total. The van der Waals surface area contributed by atoms with Gasteiger partial charge in [-0.05, 0) is 57.3 Å². The lowest BCUT2D eigenvalue weighted by Crippen LogP contribution is -2.44. The number of alkyl halides is 3. The van der Waals surface area contributed by atoms with Crippen LogP contribution >= 0.6 is 0 Å². The molecule has 0 bridgehead atoms. The number of fused-ring (bicyclic) bond motifs is 1. The molecule has 1 aliphatic rings. The van der Waals surface area contributed by atoms with Crippen LogP contribution in [0.5, 0.6) is 0 Å². The van der Waals surface area contributed by atoms with E-state index >= 15 is 0 Å². The molecule has 5 rings (SSSR count). The molecule has 2 aromatic carbocycles. The van der Waals surface area contributed by atoms with E-state index in [9.17, 15) is 18.0 Å². The van der Waals surface area contributed by atoms with Crippen molar-refractivity contribution in [3.63, 3.8) is 0 Å². The van der Waals surface area contributed by atoms with Crippen molar-refractivity contribution < 1.29 is 18.0 Å². The molecule has 1 amide bonds. The molecule has 11 heteroatoms. The lowest BCUT2D eigenvalue weighted by atomic mass is 10.0. The first kappa shape index (κ1) is 24.7. The lowest BCUT2D eigenvalue weighted by molar-refractivity contribution is -0.137. The van der Waals surface area contributed by atoms with E-state index in [2.05, 4.69) is 38.9 Å². The highest BCUT2D eigenvalue weighted by atomic mass is 19.4. The number of piperidine rings is 1. The topological polar surface area (TPSA) is 104 Å². The average molecular weight is 510 g/mol. The number of rotatable bonds is 4. The molecule has 1 fully saturated rings. The number of anilines is 1. The van der Waals surface area contributed by atoms with Gasteiger partial charge >= 0.3 is 6.18 Å². The Morgan fingerprint density at radius 3 is 2.43 bits per heavy atom. The van der Waals surface area contributed by atoms with Crippen LogP contribution in [0.3, 0.4) is 0 Å². The highest BCUT2D eigenvalue weighted by molar-refractivity contribution is 5.94. The molecule has 37 heavy (non-hydrogen) atoms. The van der Waals surface area contributed by atoms with Crippen molar-refractivity contribution in [2.75, 3.05) is 32.9 Å². The summed E-state index contributed by atoms with van der Waals surface area (Å²) in [7, 11) is 4.12. The van der Waals surface area contributed by atoms with Crippen LogP contribution in [0.15, 0.2) is 48.7 Å². The van der Waals surface area contributed by atoms with Gasteiger partial charge in [-0.2, -0.15) is 13.2 Å². The zero-order chi connectivity index (χ0) is 26.3. The van der Waals surface area contributed by atoms with Gasteiger partial charge in [0.05, 0.1) is 28.5 Å². The van der Waals surface area contributed by atoms with Gasteiger partial charge in [-0.3, -0.25) is 4.79 Å². The third-order valence-corrected chi connectivity index (χ3v) is 6.74. The van der Waals surface area contributed by atoms with Crippen LogP contribution in [0.4, 0.5) is 19.0 Å². The fourth-order valence-electron chi connectivity index (χ4n) is 4.56. The SMILES string of the molecule is CN(C)C1CCN(C(=O)c2ccc(-c3cnc(N)c(-c4nc5ccc(C(F)(F)F)cc5[nH]4)n3)cc2)CC1. The summed E-state index contributed by atoms with van der Waals surface area (Å²) in [6.45, 7) is 1.44. The van der Waals surface area contributed by atoms with E-state index in [1.807, 2.05) is 4.90 Å². The van der Waals surface area contributed by atoms with Crippen molar-refractivity contribution in [2.45, 2.75) is 25.1 Å². The number of nitrogens with zero attached hydrogens (tertiary/aromatic N) is 5. The van der Waals surface area contributed by atoms with Crippen LogP contribution < -0.4 is 5.73 Å². The van der Waals surface area contributed by atoms with Gasteiger partial charge < -0.3 is 20.5 Å². The summed E-state index contributed by atoms with van der Waals surface area (Å²) in [6.07, 6.45) is -1.07. The molecule has 0 radical (unpaired) electrons. The predicted molar refractivity (Wildman–Crippen MR) is 135 cm³/mol. The molecule has 1 aliphatic heterocycles. The van der Waals surface area contributed by atoms with Crippen molar-refractivity contribution in [3.05, 3.63) is 59.8 Å². The third-order valence-electron chi connectivity index (χ3n) is 6.74. The van der Waals surface area contributed by atoms with Gasteiger partial charge in [0.25, 0.3) is 5.91 Å². The maximum Gasteiger partial charge on any atom is 0.416 e. The molecule has 0 unspecified atom stereocenters. The zero-order valence-corrected chi connectivity index (χ0v) is 20.4. The van der Waals surface area contributed by atoms with E-state index in [-0.39, 0.29) is 28.8 Å². The second-order valence-corrected chi connectivity index (χ2v) is 9.37. The number of hydrogen-bond acceptors (Lipinski definition) is 6. The number of nitrogens with one attached hydrogen (secondary N) is 1. The van der Waals surface area contributed by atoms with Crippen LogP contribution in [0.1, 0.15) is 28.8 Å². The lowest BCUT2D eigenvalue weighted by Gasteiger charge is -2.35. The smallest absolute Gasteiger partial charge is 0.382 e. The number of nitrogens with two attached hydrogens (primary N) is 1. The minimum absolute atomic E-state index is 0.00617. The van der Waals surface area contributed by atoms with Crippen LogP contribution in [0.25, 0.3) is 33.8 Å². The van der Waals surface area contributed by atoms with Crippen molar-refractivity contribution in [1.82, 2.24) is 29.7 Å². The third kappa shape index (κ3) is 4.99. The van der Waals surface area contributed by atoms with Gasteiger partial charge in [0, 0.05) is 30.3 Å². The highest BCUT2D eigenvalue weighted by Gasteiger charge is 2.31. The summed E-state index contributed by atoms with van der Waals surface area (Å²) in [6, 6.07) is 10.9. The molecule has 8 nitrogen and oxygen atoms in total. The highest BCUT2D eigenvalue weighted by Crippen LogP contribution is 2.32. The van der Waals surface area contributed by atoms with Gasteiger partial charge in [-0.25, -0.2) is 15.0 Å². The minimum atomic E-state index is -4.46. The van der Waals surface area contributed by atoms with Gasteiger partial charge in [0.2, 0.25) is 0 Å². The fraction of sp³-hybridized carbons (Fsp3) is 0.308. The predicted octanol–water partition coefficient (Wildman–Crippen LogP) is 4.45. The molecular formula is C26H26F3N7O. The number of aromatic amines is 1. The Morgan fingerprint density at radius 2 is 1.78 bits per heavy atom. The number of likely N-dealkylation sites (tertiary alicyclic amines) is 1. The summed E-state index contributed by atoms with van der Waals surface area (Å²) < 4.78 is 39.2. The number of aromatic nitrogens is 4. The maximum absolute atomic E-state index is 13.1. The first-order valence-electron chi connectivity index (χ1n) is 11.9. The Kier molecular flexibility index (Phi) is 6.32. The fourth-order valence-corrected chi connectivity index (χ4v) is 4.56. The molecule has 1 saturated heterocycles. The van der Waals surface area contributed by atoms with Gasteiger partial charge in [-0.15, -0.1) is 0 Å². The Labute approximate surface area is 211 Å².